The minimum Gasteiger partial charge on any atom is -0.472 e. The number of aryl methyl sites for hydroxylation is 2. The Morgan fingerprint density at radius 2 is 2.08 bits per heavy atom. The van der Waals surface area contributed by atoms with Gasteiger partial charge in [-0.3, -0.25) is 0 Å². The maximum Gasteiger partial charge on any atom is 0.382 e. The van der Waals surface area contributed by atoms with Crippen molar-refractivity contribution in [3.05, 3.63) is 34.9 Å². The van der Waals surface area contributed by atoms with Gasteiger partial charge < -0.3 is 5.11 Å². The zero-order chi connectivity index (χ0) is 9.84. The predicted octanol–water partition coefficient (Wildman–Crippen LogP) is 1.74. The van der Waals surface area contributed by atoms with Crippen LogP contribution in [-0.4, -0.2) is 11.1 Å². The summed E-state index contributed by atoms with van der Waals surface area (Å²) in [6, 6.07) is 5.73. The highest BCUT2D eigenvalue weighted by Crippen LogP contribution is 2.08. The summed E-state index contributed by atoms with van der Waals surface area (Å²) >= 11 is 0. The molecule has 0 aliphatic heterocycles. The Hall–Kier alpha value is -1.75. The zero-order valence-corrected chi connectivity index (χ0v) is 7.59. The molecule has 0 saturated carbocycles. The monoisotopic (exact) mass is 174 g/mol. The van der Waals surface area contributed by atoms with Crippen molar-refractivity contribution in [1.29, 1.82) is 0 Å². The van der Waals surface area contributed by atoms with Crippen LogP contribution in [0.4, 0.5) is 0 Å². The molecule has 66 valence electrons. The number of hydrogen-bond donors (Lipinski definition) is 1. The fourth-order valence-electron chi connectivity index (χ4n) is 1.07. The quantitative estimate of drug-likeness (QED) is 0.608. The Bertz CT molecular complexity index is 394. The van der Waals surface area contributed by atoms with Crippen molar-refractivity contribution in [2.75, 3.05) is 0 Å². The van der Waals surface area contributed by atoms with Gasteiger partial charge in [-0.15, -0.1) is 0 Å². The van der Waals surface area contributed by atoms with Crippen LogP contribution in [0.5, 0.6) is 0 Å². The van der Waals surface area contributed by atoms with Crippen molar-refractivity contribution in [3.8, 4) is 11.8 Å². The van der Waals surface area contributed by atoms with Gasteiger partial charge in [0, 0.05) is 11.5 Å². The van der Waals surface area contributed by atoms with Gasteiger partial charge in [0.1, 0.15) is 0 Å². The van der Waals surface area contributed by atoms with Crippen molar-refractivity contribution in [2.24, 2.45) is 0 Å². The SMILES string of the molecule is Cc1ccc(C#CC(=O)O)c(C)c1. The summed E-state index contributed by atoms with van der Waals surface area (Å²) in [5.41, 5.74) is 2.93. The number of benzene rings is 1. The fraction of sp³-hybridized carbons (Fsp3) is 0.182. The van der Waals surface area contributed by atoms with Crippen molar-refractivity contribution in [1.82, 2.24) is 0 Å². The lowest BCUT2D eigenvalue weighted by atomic mass is 10.1. The Morgan fingerprint density at radius 3 is 2.62 bits per heavy atom. The number of carboxylic acids is 1. The van der Waals surface area contributed by atoms with Gasteiger partial charge in [0.05, 0.1) is 0 Å². The van der Waals surface area contributed by atoms with Gasteiger partial charge in [-0.25, -0.2) is 4.79 Å². The first kappa shape index (κ1) is 9.34. The topological polar surface area (TPSA) is 37.3 Å². The largest absolute Gasteiger partial charge is 0.472 e. The van der Waals surface area contributed by atoms with E-state index in [1.54, 1.807) is 0 Å². The molecule has 0 unspecified atom stereocenters. The van der Waals surface area contributed by atoms with E-state index in [9.17, 15) is 4.79 Å². The molecule has 0 aliphatic rings. The van der Waals surface area contributed by atoms with E-state index in [-0.39, 0.29) is 0 Å². The summed E-state index contributed by atoms with van der Waals surface area (Å²) < 4.78 is 0. The van der Waals surface area contributed by atoms with Crippen LogP contribution >= 0.6 is 0 Å². The van der Waals surface area contributed by atoms with E-state index in [0.29, 0.717) is 0 Å². The van der Waals surface area contributed by atoms with Crippen LogP contribution in [0.15, 0.2) is 18.2 Å². The molecule has 2 heteroatoms. The molecule has 13 heavy (non-hydrogen) atoms. The summed E-state index contributed by atoms with van der Waals surface area (Å²) in [7, 11) is 0. The van der Waals surface area contributed by atoms with E-state index in [1.165, 1.54) is 0 Å². The number of hydrogen-bond acceptors (Lipinski definition) is 1. The predicted molar refractivity (Wildman–Crippen MR) is 50.4 cm³/mol. The van der Waals surface area contributed by atoms with Gasteiger partial charge in [0.25, 0.3) is 0 Å². The molecule has 0 amide bonds. The Balaban J connectivity index is 3.05. The third-order valence-corrected chi connectivity index (χ3v) is 1.69. The molecular formula is C11H10O2. The van der Waals surface area contributed by atoms with E-state index >= 15 is 0 Å². The highest BCUT2D eigenvalue weighted by molar-refractivity contribution is 5.87. The van der Waals surface area contributed by atoms with Crippen molar-refractivity contribution < 1.29 is 9.90 Å². The molecule has 0 atom stereocenters. The Labute approximate surface area is 77.2 Å². The molecule has 2 nitrogen and oxygen atoms in total. The maximum atomic E-state index is 10.2. The fourth-order valence-corrected chi connectivity index (χ4v) is 1.07. The van der Waals surface area contributed by atoms with Crippen LogP contribution < -0.4 is 0 Å². The molecule has 1 aromatic rings. The number of carboxylic acid groups (broad SMARTS) is 1. The zero-order valence-electron chi connectivity index (χ0n) is 7.59. The standard InChI is InChI=1S/C11H10O2/c1-8-3-4-10(9(2)7-8)5-6-11(12)13/h3-4,7H,1-2H3,(H,12,13). The first-order valence-electron chi connectivity index (χ1n) is 3.92. The van der Waals surface area contributed by atoms with Crippen LogP contribution in [0.3, 0.4) is 0 Å². The lowest BCUT2D eigenvalue weighted by molar-refractivity contribution is -0.130. The average molecular weight is 174 g/mol. The van der Waals surface area contributed by atoms with E-state index in [1.807, 2.05) is 32.0 Å². The Morgan fingerprint density at radius 1 is 1.38 bits per heavy atom. The smallest absolute Gasteiger partial charge is 0.382 e. The minimum atomic E-state index is -1.10. The summed E-state index contributed by atoms with van der Waals surface area (Å²) in [5.74, 6) is 3.58. The molecule has 0 heterocycles. The Kier molecular flexibility index (Phi) is 2.71. The van der Waals surface area contributed by atoms with Crippen molar-refractivity contribution in [3.63, 3.8) is 0 Å². The van der Waals surface area contributed by atoms with Crippen molar-refractivity contribution >= 4 is 5.97 Å². The first-order chi connectivity index (χ1) is 6.09. The average Bonchev–Trinajstić information content (AvgIpc) is 2.02. The van der Waals surface area contributed by atoms with Crippen LogP contribution in [0.1, 0.15) is 16.7 Å². The van der Waals surface area contributed by atoms with Crippen molar-refractivity contribution in [2.45, 2.75) is 13.8 Å². The minimum absolute atomic E-state index is 0.771. The lowest BCUT2D eigenvalue weighted by Gasteiger charge is -1.98. The van der Waals surface area contributed by atoms with Gasteiger partial charge >= 0.3 is 5.97 Å². The molecular weight excluding hydrogens is 164 g/mol. The van der Waals surface area contributed by atoms with E-state index < -0.39 is 5.97 Å². The van der Waals surface area contributed by atoms with Gasteiger partial charge in [0.15, 0.2) is 0 Å². The summed E-state index contributed by atoms with van der Waals surface area (Å²) in [4.78, 5) is 10.2. The lowest BCUT2D eigenvalue weighted by Crippen LogP contribution is -1.89. The van der Waals surface area contributed by atoms with E-state index in [4.69, 9.17) is 5.11 Å². The van der Waals surface area contributed by atoms with Gasteiger partial charge in [-0.2, -0.15) is 0 Å². The van der Waals surface area contributed by atoms with E-state index in [2.05, 4.69) is 11.8 Å². The number of carbonyl (C=O) groups is 1. The van der Waals surface area contributed by atoms with Gasteiger partial charge in [-0.05, 0) is 25.5 Å². The molecule has 0 fully saturated rings. The third kappa shape index (κ3) is 2.64. The van der Waals surface area contributed by atoms with Crippen LogP contribution in [0.25, 0.3) is 0 Å². The normalized spacial score (nSPS) is 8.77. The highest BCUT2D eigenvalue weighted by atomic mass is 16.4. The second-order valence-corrected chi connectivity index (χ2v) is 2.87. The number of aliphatic carboxylic acids is 1. The molecule has 0 aliphatic carbocycles. The summed E-state index contributed by atoms with van der Waals surface area (Å²) in [6.45, 7) is 3.90. The van der Waals surface area contributed by atoms with Crippen LogP contribution in [0, 0.1) is 25.7 Å². The molecule has 0 aromatic heterocycles. The second kappa shape index (κ2) is 3.77. The molecule has 0 saturated heterocycles. The molecule has 0 bridgehead atoms. The van der Waals surface area contributed by atoms with E-state index in [0.717, 1.165) is 16.7 Å². The van der Waals surface area contributed by atoms with Crippen LogP contribution in [-0.2, 0) is 4.79 Å². The summed E-state index contributed by atoms with van der Waals surface area (Å²) in [5, 5.41) is 8.35. The molecule has 1 rings (SSSR count). The summed E-state index contributed by atoms with van der Waals surface area (Å²) in [6.07, 6.45) is 0. The van der Waals surface area contributed by atoms with Crippen LogP contribution in [0.2, 0.25) is 0 Å². The number of rotatable bonds is 0. The van der Waals surface area contributed by atoms with Gasteiger partial charge in [0.2, 0.25) is 0 Å². The van der Waals surface area contributed by atoms with Gasteiger partial charge in [-0.1, -0.05) is 23.6 Å². The highest BCUT2D eigenvalue weighted by Gasteiger charge is 1.94. The molecule has 1 aromatic carbocycles. The molecule has 1 N–H and O–H groups in total. The first-order valence-corrected chi connectivity index (χ1v) is 3.92. The molecule has 0 radical (unpaired) electrons. The third-order valence-electron chi connectivity index (χ3n) is 1.69. The molecule has 0 spiro atoms. The maximum absolute atomic E-state index is 10.2. The second-order valence-electron chi connectivity index (χ2n) is 2.87.